The summed E-state index contributed by atoms with van der Waals surface area (Å²) in [5, 5.41) is 2.68. The predicted octanol–water partition coefficient (Wildman–Crippen LogP) is 4.88. The topological polar surface area (TPSA) is 122 Å². The Bertz CT molecular complexity index is 1550. The third kappa shape index (κ3) is 6.12. The number of benzene rings is 3. The fraction of sp³-hybridized carbons (Fsp3) is 0.269. The van der Waals surface area contributed by atoms with Gasteiger partial charge < -0.3 is 10.1 Å². The summed E-state index contributed by atoms with van der Waals surface area (Å²) in [6.07, 6.45) is 2.55. The van der Waals surface area contributed by atoms with Crippen LogP contribution in [0, 0.1) is 6.92 Å². The molecule has 0 aromatic heterocycles. The van der Waals surface area contributed by atoms with Crippen molar-refractivity contribution in [3.63, 3.8) is 0 Å². The molecule has 1 heterocycles. The Morgan fingerprint density at radius 2 is 1.55 bits per heavy atom. The number of carbonyl (C=O) groups is 1. The number of carbonyl (C=O) groups excluding carboxylic acids is 1. The Hall–Kier alpha value is -3.12. The Labute approximate surface area is 227 Å². The van der Waals surface area contributed by atoms with E-state index in [1.165, 1.54) is 59.9 Å². The summed E-state index contributed by atoms with van der Waals surface area (Å²) in [5.41, 5.74) is 1.44. The van der Waals surface area contributed by atoms with E-state index in [1.807, 2.05) is 6.92 Å². The smallest absolute Gasteiger partial charge is 0.261 e. The normalized spacial score (nSPS) is 14.6. The van der Waals surface area contributed by atoms with E-state index in [0.717, 1.165) is 24.8 Å². The van der Waals surface area contributed by atoms with Crippen molar-refractivity contribution in [3.05, 3.63) is 76.8 Å². The van der Waals surface area contributed by atoms with Crippen molar-refractivity contribution >= 4 is 48.9 Å². The van der Waals surface area contributed by atoms with Crippen LogP contribution in [0.5, 0.6) is 5.75 Å². The van der Waals surface area contributed by atoms with Crippen LogP contribution in [0.4, 0.5) is 11.4 Å². The molecule has 12 heteroatoms. The van der Waals surface area contributed by atoms with Gasteiger partial charge in [-0.1, -0.05) is 35.7 Å². The maximum Gasteiger partial charge on any atom is 0.261 e. The SMILES string of the molecule is COc1ccc(NC(=O)c2ccc(NS(=O)(=O)c3ccc(C)cc3)cc2Cl)cc1S(=O)(=O)N1CCCCC1. The van der Waals surface area contributed by atoms with E-state index in [9.17, 15) is 21.6 Å². The molecule has 0 saturated carbocycles. The van der Waals surface area contributed by atoms with Crippen molar-refractivity contribution in [2.24, 2.45) is 0 Å². The van der Waals surface area contributed by atoms with Crippen LogP contribution < -0.4 is 14.8 Å². The Morgan fingerprint density at radius 1 is 0.895 bits per heavy atom. The van der Waals surface area contributed by atoms with Gasteiger partial charge in [0.25, 0.3) is 15.9 Å². The summed E-state index contributed by atoms with van der Waals surface area (Å²) in [5.74, 6) is -0.411. The number of sulfonamides is 2. The van der Waals surface area contributed by atoms with Crippen LogP contribution in [0.2, 0.25) is 5.02 Å². The predicted molar refractivity (Wildman–Crippen MR) is 147 cm³/mol. The first kappa shape index (κ1) is 27.9. The molecule has 0 bridgehead atoms. The summed E-state index contributed by atoms with van der Waals surface area (Å²) in [6.45, 7) is 2.71. The molecule has 0 atom stereocenters. The molecule has 0 spiro atoms. The minimum absolute atomic E-state index is 0.0151. The second-order valence-electron chi connectivity index (χ2n) is 8.90. The molecule has 2 N–H and O–H groups in total. The van der Waals surface area contributed by atoms with Gasteiger partial charge in [0.2, 0.25) is 10.0 Å². The second-order valence-corrected chi connectivity index (χ2v) is 12.9. The third-order valence-electron chi connectivity index (χ3n) is 6.15. The van der Waals surface area contributed by atoms with Gasteiger partial charge in [0.05, 0.1) is 28.3 Å². The van der Waals surface area contributed by atoms with Crippen LogP contribution in [-0.4, -0.2) is 47.2 Å². The number of halogens is 1. The summed E-state index contributed by atoms with van der Waals surface area (Å²) in [7, 11) is -6.28. The largest absolute Gasteiger partial charge is 0.495 e. The zero-order valence-corrected chi connectivity index (χ0v) is 23.3. The number of piperidine rings is 1. The van der Waals surface area contributed by atoms with Gasteiger partial charge in [0.1, 0.15) is 10.6 Å². The molecule has 0 aliphatic carbocycles. The lowest BCUT2D eigenvalue weighted by atomic mass is 10.2. The quantitative estimate of drug-likeness (QED) is 0.393. The summed E-state index contributed by atoms with van der Waals surface area (Å²) in [4.78, 5) is 13.0. The van der Waals surface area contributed by atoms with Crippen molar-refractivity contribution in [1.82, 2.24) is 4.31 Å². The number of nitrogens with one attached hydrogen (secondary N) is 2. The average Bonchev–Trinajstić information content (AvgIpc) is 2.89. The number of amides is 1. The number of ether oxygens (including phenoxy) is 1. The van der Waals surface area contributed by atoms with E-state index in [1.54, 1.807) is 12.1 Å². The second kappa shape index (κ2) is 11.3. The highest BCUT2D eigenvalue weighted by molar-refractivity contribution is 7.92. The van der Waals surface area contributed by atoms with E-state index < -0.39 is 26.0 Å². The van der Waals surface area contributed by atoms with Crippen molar-refractivity contribution in [2.75, 3.05) is 30.2 Å². The first-order valence-electron chi connectivity index (χ1n) is 11.9. The minimum atomic E-state index is -3.85. The van der Waals surface area contributed by atoms with Gasteiger partial charge in [-0.15, -0.1) is 0 Å². The van der Waals surface area contributed by atoms with E-state index >= 15 is 0 Å². The van der Waals surface area contributed by atoms with Gasteiger partial charge in [-0.2, -0.15) is 4.31 Å². The van der Waals surface area contributed by atoms with Crippen LogP contribution >= 0.6 is 11.6 Å². The number of rotatable bonds is 8. The highest BCUT2D eigenvalue weighted by Gasteiger charge is 2.29. The standard InChI is InChI=1S/C26H28ClN3O6S2/c1-18-6-10-21(11-7-18)37(32,33)29-20-8-12-22(23(27)16-20)26(31)28-19-9-13-24(36-2)25(17-19)38(34,35)30-14-4-3-5-15-30/h6-13,16-17,29H,3-5,14-15H2,1-2H3,(H,28,31). The molecule has 0 radical (unpaired) electrons. The van der Waals surface area contributed by atoms with Crippen molar-refractivity contribution < 1.29 is 26.4 Å². The van der Waals surface area contributed by atoms with Crippen LogP contribution in [0.15, 0.2) is 70.5 Å². The molecule has 4 rings (SSSR count). The lowest BCUT2D eigenvalue weighted by Gasteiger charge is -2.26. The Morgan fingerprint density at radius 3 is 2.18 bits per heavy atom. The number of anilines is 2. The van der Waals surface area contributed by atoms with Gasteiger partial charge in [0.15, 0.2) is 0 Å². The Balaban J connectivity index is 1.53. The summed E-state index contributed by atoms with van der Waals surface area (Å²) < 4.78 is 61.0. The number of nitrogens with zero attached hydrogens (tertiary/aromatic N) is 1. The minimum Gasteiger partial charge on any atom is -0.495 e. The zero-order chi connectivity index (χ0) is 27.5. The van der Waals surface area contributed by atoms with Gasteiger partial charge >= 0.3 is 0 Å². The van der Waals surface area contributed by atoms with Gasteiger partial charge in [-0.05, 0) is 68.3 Å². The molecule has 1 aliphatic heterocycles. The van der Waals surface area contributed by atoms with Gasteiger partial charge in [-0.3, -0.25) is 9.52 Å². The number of hydrogen-bond donors (Lipinski definition) is 2. The number of hydrogen-bond acceptors (Lipinski definition) is 6. The van der Waals surface area contributed by atoms with E-state index in [-0.39, 0.29) is 37.5 Å². The lowest BCUT2D eigenvalue weighted by molar-refractivity contribution is 0.102. The highest BCUT2D eigenvalue weighted by atomic mass is 35.5. The number of aryl methyl sites for hydroxylation is 1. The maximum absolute atomic E-state index is 13.3. The first-order chi connectivity index (χ1) is 18.0. The summed E-state index contributed by atoms with van der Waals surface area (Å²) >= 11 is 6.32. The molecule has 202 valence electrons. The molecule has 1 saturated heterocycles. The lowest BCUT2D eigenvalue weighted by Crippen LogP contribution is -2.35. The molecule has 1 amide bonds. The first-order valence-corrected chi connectivity index (χ1v) is 15.2. The monoisotopic (exact) mass is 577 g/mol. The molecule has 1 aliphatic rings. The molecule has 1 fully saturated rings. The zero-order valence-electron chi connectivity index (χ0n) is 20.9. The Kier molecular flexibility index (Phi) is 8.31. The molecule has 3 aromatic carbocycles. The van der Waals surface area contributed by atoms with Crippen LogP contribution in [0.3, 0.4) is 0 Å². The third-order valence-corrected chi connectivity index (χ3v) is 9.78. The van der Waals surface area contributed by atoms with Gasteiger partial charge in [-0.25, -0.2) is 16.8 Å². The van der Waals surface area contributed by atoms with Crippen molar-refractivity contribution in [3.8, 4) is 5.75 Å². The molecule has 3 aromatic rings. The van der Waals surface area contributed by atoms with E-state index in [4.69, 9.17) is 16.3 Å². The van der Waals surface area contributed by atoms with Crippen LogP contribution in [0.1, 0.15) is 35.2 Å². The van der Waals surface area contributed by atoms with Crippen molar-refractivity contribution in [1.29, 1.82) is 0 Å². The van der Waals surface area contributed by atoms with Crippen LogP contribution in [-0.2, 0) is 20.0 Å². The fourth-order valence-electron chi connectivity index (χ4n) is 4.09. The highest BCUT2D eigenvalue weighted by Crippen LogP contribution is 2.32. The fourth-order valence-corrected chi connectivity index (χ4v) is 7.11. The average molecular weight is 578 g/mol. The van der Waals surface area contributed by atoms with E-state index in [0.29, 0.717) is 13.1 Å². The van der Waals surface area contributed by atoms with Gasteiger partial charge in [0, 0.05) is 18.8 Å². The molecular weight excluding hydrogens is 550 g/mol. The molecule has 0 unspecified atom stereocenters. The molecule has 38 heavy (non-hydrogen) atoms. The van der Waals surface area contributed by atoms with E-state index in [2.05, 4.69) is 10.0 Å². The maximum atomic E-state index is 13.3. The molecule has 9 nitrogen and oxygen atoms in total. The van der Waals surface area contributed by atoms with Crippen LogP contribution in [0.25, 0.3) is 0 Å². The van der Waals surface area contributed by atoms with Crippen molar-refractivity contribution in [2.45, 2.75) is 36.0 Å². The molecular formula is C26H28ClN3O6S2. The summed E-state index contributed by atoms with van der Waals surface area (Å²) in [6, 6.07) is 14.9. The number of methoxy groups -OCH3 is 1.